The number of benzene rings is 1. The Labute approximate surface area is 93.9 Å². The molecule has 0 saturated heterocycles. The number of hydrogen-bond acceptors (Lipinski definition) is 4. The average molecular weight is 266 g/mol. The van der Waals surface area contributed by atoms with Crippen molar-refractivity contribution in [2.75, 3.05) is 0 Å². The third kappa shape index (κ3) is 3.46. The smallest absolute Gasteiger partial charge is 0.321 e. The summed E-state index contributed by atoms with van der Waals surface area (Å²) in [5.74, 6) is 0. The molecule has 0 aliphatic heterocycles. The monoisotopic (exact) mass is 266 g/mol. The first-order valence-electron chi connectivity index (χ1n) is 4.23. The topological polar surface area (TPSA) is 44.8 Å². The van der Waals surface area contributed by atoms with Crippen LogP contribution in [0.5, 0.6) is 0 Å². The standard InChI is InChI=1S/C8H9F2O4PSi/c1-6-3-4-8(7(2)5-6)16-14-15(11,12-9)13-10/h3-5H,1-2H3. The summed E-state index contributed by atoms with van der Waals surface area (Å²) < 4.78 is 44.3. The SMILES string of the molecule is Cc1ccc([Si]OP(=O)(OF)OF)c(C)c1. The normalized spacial score (nSPS) is 11.8. The van der Waals surface area contributed by atoms with E-state index in [9.17, 15) is 13.6 Å². The van der Waals surface area contributed by atoms with Crippen LogP contribution in [0.4, 0.5) is 9.05 Å². The first-order chi connectivity index (χ1) is 7.50. The van der Waals surface area contributed by atoms with E-state index in [4.69, 9.17) is 0 Å². The van der Waals surface area contributed by atoms with Crippen LogP contribution in [0.25, 0.3) is 0 Å². The zero-order valence-corrected chi connectivity index (χ0v) is 10.5. The Morgan fingerprint density at radius 1 is 1.25 bits per heavy atom. The molecule has 16 heavy (non-hydrogen) atoms. The van der Waals surface area contributed by atoms with Crippen molar-refractivity contribution >= 4 is 22.8 Å². The van der Waals surface area contributed by atoms with Gasteiger partial charge in [-0.05, 0) is 33.6 Å². The van der Waals surface area contributed by atoms with Gasteiger partial charge in [-0.3, -0.25) is 0 Å². The lowest BCUT2D eigenvalue weighted by Crippen LogP contribution is -2.19. The van der Waals surface area contributed by atoms with Crippen molar-refractivity contribution in [2.24, 2.45) is 0 Å². The van der Waals surface area contributed by atoms with E-state index in [2.05, 4.69) is 13.7 Å². The lowest BCUT2D eigenvalue weighted by molar-refractivity contribution is -0.107. The molecule has 0 aliphatic carbocycles. The molecule has 0 aliphatic rings. The zero-order valence-electron chi connectivity index (χ0n) is 8.57. The molecule has 0 atom stereocenters. The van der Waals surface area contributed by atoms with Gasteiger partial charge in [0.05, 0.1) is 0 Å². The fourth-order valence-electron chi connectivity index (χ4n) is 1.07. The predicted octanol–water partition coefficient (Wildman–Crippen LogP) is 2.47. The second kappa shape index (κ2) is 5.65. The van der Waals surface area contributed by atoms with Crippen LogP contribution in [0.15, 0.2) is 18.2 Å². The Bertz CT molecular complexity index is 407. The molecule has 2 radical (unpaired) electrons. The van der Waals surface area contributed by atoms with E-state index in [1.807, 2.05) is 13.0 Å². The van der Waals surface area contributed by atoms with E-state index < -0.39 is 17.6 Å². The molecule has 1 aromatic carbocycles. The van der Waals surface area contributed by atoms with Crippen molar-refractivity contribution in [1.82, 2.24) is 0 Å². The molecule has 4 nitrogen and oxygen atoms in total. The Balaban J connectivity index is 2.71. The van der Waals surface area contributed by atoms with Gasteiger partial charge in [0.1, 0.15) is 0 Å². The third-order valence-corrected chi connectivity index (χ3v) is 4.20. The van der Waals surface area contributed by atoms with E-state index in [0.29, 0.717) is 5.19 Å². The lowest BCUT2D eigenvalue weighted by atomic mass is 10.2. The summed E-state index contributed by atoms with van der Waals surface area (Å²) in [5.41, 5.74) is 1.90. The molecule has 1 rings (SSSR count). The molecule has 0 saturated carbocycles. The summed E-state index contributed by atoms with van der Waals surface area (Å²) >= 11 is 0. The Morgan fingerprint density at radius 2 is 1.88 bits per heavy atom. The summed E-state index contributed by atoms with van der Waals surface area (Å²) in [7, 11) is -5.23. The van der Waals surface area contributed by atoms with Crippen molar-refractivity contribution in [3.63, 3.8) is 0 Å². The minimum absolute atomic E-state index is 0.528. The van der Waals surface area contributed by atoms with Crippen LogP contribution in [-0.2, 0) is 18.2 Å². The zero-order chi connectivity index (χ0) is 12.2. The molecule has 8 heteroatoms. The van der Waals surface area contributed by atoms with E-state index in [0.717, 1.165) is 11.1 Å². The van der Waals surface area contributed by atoms with Gasteiger partial charge >= 0.3 is 7.82 Å². The maximum absolute atomic E-state index is 11.7. The molecule has 0 spiro atoms. The molecule has 88 valence electrons. The highest BCUT2D eigenvalue weighted by Gasteiger charge is 2.30. The molecule has 0 unspecified atom stereocenters. The summed E-state index contributed by atoms with van der Waals surface area (Å²) in [4.78, 5) is 0. The molecule has 0 aromatic heterocycles. The maximum atomic E-state index is 11.7. The van der Waals surface area contributed by atoms with E-state index in [-0.39, 0.29) is 0 Å². The van der Waals surface area contributed by atoms with Crippen LogP contribution in [0.2, 0.25) is 0 Å². The van der Waals surface area contributed by atoms with Gasteiger partial charge in [-0.15, -0.1) is 0 Å². The maximum Gasteiger partial charge on any atom is 0.527 e. The van der Waals surface area contributed by atoms with Crippen LogP contribution in [0.1, 0.15) is 11.1 Å². The fourth-order valence-corrected chi connectivity index (χ4v) is 2.54. The minimum Gasteiger partial charge on any atom is -0.321 e. The summed E-state index contributed by atoms with van der Waals surface area (Å²) in [6.07, 6.45) is 0. The third-order valence-electron chi connectivity index (χ3n) is 1.82. The number of aryl methyl sites for hydroxylation is 2. The highest BCUT2D eigenvalue weighted by molar-refractivity contribution is 7.49. The Kier molecular flexibility index (Phi) is 4.76. The van der Waals surface area contributed by atoms with Gasteiger partial charge in [0.15, 0.2) is 0 Å². The van der Waals surface area contributed by atoms with E-state index >= 15 is 0 Å². The molecular formula is C8H9F2O4PSi. The highest BCUT2D eigenvalue weighted by Crippen LogP contribution is 2.49. The number of rotatable bonds is 5. The highest BCUT2D eigenvalue weighted by atomic mass is 31.2. The lowest BCUT2D eigenvalue weighted by Gasteiger charge is -2.08. The summed E-state index contributed by atoms with van der Waals surface area (Å²) in [6, 6.07) is 5.38. The van der Waals surface area contributed by atoms with Crippen LogP contribution in [-0.4, -0.2) is 9.76 Å². The molecule has 0 heterocycles. The van der Waals surface area contributed by atoms with E-state index in [1.54, 1.807) is 19.1 Å². The summed E-state index contributed by atoms with van der Waals surface area (Å²) in [5, 5.41) is 0.667. The van der Waals surface area contributed by atoms with Crippen LogP contribution < -0.4 is 5.19 Å². The van der Waals surface area contributed by atoms with E-state index in [1.165, 1.54) is 0 Å². The van der Waals surface area contributed by atoms with Gasteiger partial charge in [-0.25, -0.2) is 4.57 Å². The van der Waals surface area contributed by atoms with Crippen molar-refractivity contribution in [3.05, 3.63) is 29.3 Å². The second-order valence-electron chi connectivity index (χ2n) is 3.10. The predicted molar refractivity (Wildman–Crippen MR) is 54.4 cm³/mol. The molecule has 0 N–H and O–H groups in total. The average Bonchev–Trinajstić information content (AvgIpc) is 2.27. The van der Waals surface area contributed by atoms with Crippen molar-refractivity contribution in [3.8, 4) is 0 Å². The van der Waals surface area contributed by atoms with Crippen molar-refractivity contribution in [2.45, 2.75) is 13.8 Å². The Morgan fingerprint density at radius 3 is 2.38 bits per heavy atom. The number of phosphoric acid groups is 1. The Hall–Kier alpha value is -0.593. The second-order valence-corrected chi connectivity index (χ2v) is 5.74. The van der Waals surface area contributed by atoms with Crippen molar-refractivity contribution < 1.29 is 27.3 Å². The van der Waals surface area contributed by atoms with Gasteiger partial charge in [0.2, 0.25) is 0 Å². The van der Waals surface area contributed by atoms with Gasteiger partial charge in [0.25, 0.3) is 9.76 Å². The molecule has 1 aromatic rings. The first-order valence-corrected chi connectivity index (χ1v) is 6.60. The minimum atomic E-state index is -4.70. The molecule has 0 bridgehead atoms. The molecule has 0 fully saturated rings. The van der Waals surface area contributed by atoms with Crippen LogP contribution >= 0.6 is 7.82 Å². The molecule has 0 amide bonds. The fraction of sp³-hybridized carbons (Fsp3) is 0.250. The quantitative estimate of drug-likeness (QED) is 0.606. The van der Waals surface area contributed by atoms with Crippen LogP contribution in [0, 0.1) is 13.8 Å². The van der Waals surface area contributed by atoms with Crippen molar-refractivity contribution in [1.29, 1.82) is 0 Å². The number of hydrogen-bond donors (Lipinski definition) is 0. The number of halogens is 2. The summed E-state index contributed by atoms with van der Waals surface area (Å²) in [6.45, 7) is 3.71. The van der Waals surface area contributed by atoms with Gasteiger partial charge in [-0.1, -0.05) is 33.2 Å². The molecular weight excluding hydrogens is 257 g/mol. The first kappa shape index (κ1) is 13.5. The van der Waals surface area contributed by atoms with Crippen LogP contribution in [0.3, 0.4) is 0 Å². The largest absolute Gasteiger partial charge is 0.527 e. The van der Waals surface area contributed by atoms with Gasteiger partial charge < -0.3 is 4.21 Å². The van der Waals surface area contributed by atoms with Gasteiger partial charge in [-0.2, -0.15) is 0 Å². The van der Waals surface area contributed by atoms with Gasteiger partial charge in [0, 0.05) is 0 Å².